The van der Waals surface area contributed by atoms with E-state index in [0.717, 1.165) is 17.4 Å². The van der Waals surface area contributed by atoms with Gasteiger partial charge in [0.2, 0.25) is 10.1 Å². The second-order valence-corrected chi connectivity index (χ2v) is 4.63. The summed E-state index contributed by atoms with van der Waals surface area (Å²) in [6.45, 7) is 0. The van der Waals surface area contributed by atoms with Crippen molar-refractivity contribution in [2.75, 3.05) is 17.7 Å². The van der Waals surface area contributed by atoms with Crippen molar-refractivity contribution in [3.63, 3.8) is 0 Å². The van der Waals surface area contributed by atoms with Gasteiger partial charge in [0.05, 0.1) is 10.7 Å². The molecule has 0 aliphatic heterocycles. The minimum atomic E-state index is -0.485. The second-order valence-electron chi connectivity index (χ2n) is 3.24. The zero-order valence-corrected chi connectivity index (χ0v) is 10.8. The molecule has 0 radical (unpaired) electrons. The van der Waals surface area contributed by atoms with Crippen molar-refractivity contribution in [1.82, 2.24) is 10.2 Å². The van der Waals surface area contributed by atoms with Gasteiger partial charge in [0, 0.05) is 7.05 Å². The van der Waals surface area contributed by atoms with E-state index in [1.165, 1.54) is 12.1 Å². The molecule has 0 spiro atoms. The molecule has 0 aliphatic carbocycles. The molecule has 0 unspecified atom stereocenters. The molecule has 2 aromatic rings. The number of amides is 1. The normalized spacial score (nSPS) is 10.2. The number of rotatable bonds is 3. The van der Waals surface area contributed by atoms with Crippen molar-refractivity contribution < 1.29 is 9.18 Å². The lowest BCUT2D eigenvalue weighted by Crippen LogP contribution is -2.12. The van der Waals surface area contributed by atoms with Crippen LogP contribution in [0.5, 0.6) is 0 Å². The molecule has 0 saturated heterocycles. The van der Waals surface area contributed by atoms with E-state index in [9.17, 15) is 9.18 Å². The molecule has 0 saturated carbocycles. The SMILES string of the molecule is CNc1nnc(C(=O)Nc2cc(F)ccc2Cl)s1. The summed E-state index contributed by atoms with van der Waals surface area (Å²) in [5.74, 6) is -0.968. The number of aromatic nitrogens is 2. The van der Waals surface area contributed by atoms with Gasteiger partial charge in [-0.1, -0.05) is 22.9 Å². The lowest BCUT2D eigenvalue weighted by atomic mass is 10.3. The largest absolute Gasteiger partial charge is 0.363 e. The molecule has 1 aromatic carbocycles. The number of hydrogen-bond donors (Lipinski definition) is 2. The molecule has 1 aromatic heterocycles. The molecular weight excluding hydrogens is 279 g/mol. The first-order valence-corrected chi connectivity index (χ1v) is 6.07. The van der Waals surface area contributed by atoms with Crippen LogP contribution < -0.4 is 10.6 Å². The van der Waals surface area contributed by atoms with Crippen molar-refractivity contribution in [3.8, 4) is 0 Å². The third-order valence-electron chi connectivity index (χ3n) is 2.01. The highest BCUT2D eigenvalue weighted by molar-refractivity contribution is 7.17. The van der Waals surface area contributed by atoms with Gasteiger partial charge in [-0.2, -0.15) is 0 Å². The van der Waals surface area contributed by atoms with Crippen molar-refractivity contribution in [2.45, 2.75) is 0 Å². The van der Waals surface area contributed by atoms with Crippen LogP contribution in [0.1, 0.15) is 9.80 Å². The zero-order chi connectivity index (χ0) is 13.1. The van der Waals surface area contributed by atoms with Gasteiger partial charge in [0.25, 0.3) is 5.91 Å². The Hall–Kier alpha value is -1.73. The van der Waals surface area contributed by atoms with Gasteiger partial charge < -0.3 is 10.6 Å². The molecule has 94 valence electrons. The smallest absolute Gasteiger partial charge is 0.286 e. The van der Waals surface area contributed by atoms with Crippen molar-refractivity contribution in [2.24, 2.45) is 0 Å². The van der Waals surface area contributed by atoms with E-state index in [1.807, 2.05) is 0 Å². The quantitative estimate of drug-likeness (QED) is 0.910. The van der Waals surface area contributed by atoms with Crippen molar-refractivity contribution in [1.29, 1.82) is 0 Å². The van der Waals surface area contributed by atoms with Gasteiger partial charge in [-0.3, -0.25) is 4.79 Å². The van der Waals surface area contributed by atoms with Crippen LogP contribution in [0.3, 0.4) is 0 Å². The molecule has 2 rings (SSSR count). The Labute approximate surface area is 111 Å². The molecule has 0 atom stereocenters. The van der Waals surface area contributed by atoms with Crippen LogP contribution in [-0.2, 0) is 0 Å². The van der Waals surface area contributed by atoms with Gasteiger partial charge in [0.1, 0.15) is 5.82 Å². The van der Waals surface area contributed by atoms with Crippen LogP contribution in [0, 0.1) is 5.82 Å². The molecule has 5 nitrogen and oxygen atoms in total. The topological polar surface area (TPSA) is 66.9 Å². The van der Waals surface area contributed by atoms with E-state index < -0.39 is 11.7 Å². The highest BCUT2D eigenvalue weighted by atomic mass is 35.5. The summed E-state index contributed by atoms with van der Waals surface area (Å²) in [5.41, 5.74) is 0.197. The van der Waals surface area contributed by atoms with Crippen LogP contribution in [0.15, 0.2) is 18.2 Å². The van der Waals surface area contributed by atoms with E-state index in [0.29, 0.717) is 5.13 Å². The van der Waals surface area contributed by atoms with Crippen molar-refractivity contribution >= 4 is 39.7 Å². The van der Waals surface area contributed by atoms with Gasteiger partial charge in [0.15, 0.2) is 0 Å². The van der Waals surface area contributed by atoms with Crippen LogP contribution in [-0.4, -0.2) is 23.2 Å². The maximum atomic E-state index is 13.0. The molecule has 1 heterocycles. The molecule has 8 heteroatoms. The van der Waals surface area contributed by atoms with E-state index >= 15 is 0 Å². The number of hydrogen-bond acceptors (Lipinski definition) is 5. The average Bonchev–Trinajstić information content (AvgIpc) is 2.82. The average molecular weight is 287 g/mol. The molecule has 0 aliphatic rings. The summed E-state index contributed by atoms with van der Waals surface area (Å²) in [5, 5.41) is 13.6. The molecule has 1 amide bonds. The maximum Gasteiger partial charge on any atom is 0.286 e. The number of halogens is 2. The first-order chi connectivity index (χ1) is 8.60. The predicted octanol–water partition coefficient (Wildman–Crippen LogP) is 2.62. The summed E-state index contributed by atoms with van der Waals surface area (Å²) in [7, 11) is 1.67. The Morgan fingerprint density at radius 3 is 2.89 bits per heavy atom. The molecule has 0 bridgehead atoms. The number of benzene rings is 1. The Bertz CT molecular complexity index is 589. The van der Waals surface area contributed by atoms with Crippen LogP contribution in [0.4, 0.5) is 15.2 Å². The summed E-state index contributed by atoms with van der Waals surface area (Å²) >= 11 is 6.92. The molecule has 0 fully saturated rings. The third-order valence-corrected chi connectivity index (χ3v) is 3.28. The highest BCUT2D eigenvalue weighted by Gasteiger charge is 2.14. The van der Waals surface area contributed by atoms with Gasteiger partial charge in [-0.05, 0) is 18.2 Å². The van der Waals surface area contributed by atoms with E-state index in [-0.39, 0.29) is 15.7 Å². The standard InChI is InChI=1S/C10H8ClFN4OS/c1-13-10-16-15-9(18-10)8(17)14-7-4-5(12)2-3-6(7)11/h2-4H,1H3,(H,13,16)(H,14,17). The Balaban J connectivity index is 2.18. The Morgan fingerprint density at radius 1 is 1.44 bits per heavy atom. The fourth-order valence-corrected chi connectivity index (χ4v) is 1.94. The van der Waals surface area contributed by atoms with E-state index in [4.69, 9.17) is 11.6 Å². The van der Waals surface area contributed by atoms with Crippen LogP contribution in [0.25, 0.3) is 0 Å². The number of nitrogens with zero attached hydrogens (tertiary/aromatic N) is 2. The van der Waals surface area contributed by atoms with Crippen molar-refractivity contribution in [3.05, 3.63) is 34.0 Å². The summed E-state index contributed by atoms with van der Waals surface area (Å²) in [4.78, 5) is 11.8. The number of carbonyl (C=O) groups excluding carboxylic acids is 1. The minimum Gasteiger partial charge on any atom is -0.363 e. The monoisotopic (exact) mass is 286 g/mol. The number of nitrogens with one attached hydrogen (secondary N) is 2. The first-order valence-electron chi connectivity index (χ1n) is 4.88. The van der Waals surface area contributed by atoms with Crippen LogP contribution >= 0.6 is 22.9 Å². The maximum absolute atomic E-state index is 13.0. The second kappa shape index (κ2) is 5.28. The highest BCUT2D eigenvalue weighted by Crippen LogP contribution is 2.24. The van der Waals surface area contributed by atoms with E-state index in [2.05, 4.69) is 20.8 Å². The fourth-order valence-electron chi connectivity index (χ4n) is 1.19. The summed E-state index contributed by atoms with van der Waals surface area (Å²) < 4.78 is 13.0. The minimum absolute atomic E-state index is 0.166. The molecule has 18 heavy (non-hydrogen) atoms. The fraction of sp³-hybridized carbons (Fsp3) is 0.100. The Morgan fingerprint density at radius 2 is 2.22 bits per heavy atom. The third kappa shape index (κ3) is 2.74. The molecular formula is C10H8ClFN4OS. The van der Waals surface area contributed by atoms with Gasteiger partial charge >= 0.3 is 0 Å². The lowest BCUT2D eigenvalue weighted by molar-refractivity contribution is 0.102. The Kier molecular flexibility index (Phi) is 3.73. The predicted molar refractivity (Wildman–Crippen MR) is 68.8 cm³/mol. The molecule has 2 N–H and O–H groups in total. The lowest BCUT2D eigenvalue weighted by Gasteiger charge is -2.04. The summed E-state index contributed by atoms with van der Waals surface area (Å²) in [6.07, 6.45) is 0. The van der Waals surface area contributed by atoms with Gasteiger partial charge in [-0.25, -0.2) is 4.39 Å². The number of anilines is 2. The number of carbonyl (C=O) groups is 1. The van der Waals surface area contributed by atoms with E-state index in [1.54, 1.807) is 7.05 Å². The zero-order valence-electron chi connectivity index (χ0n) is 9.20. The first kappa shape index (κ1) is 12.7. The van der Waals surface area contributed by atoms with Crippen LogP contribution in [0.2, 0.25) is 5.02 Å². The van der Waals surface area contributed by atoms with Gasteiger partial charge in [-0.15, -0.1) is 10.2 Å². The summed E-state index contributed by atoms with van der Waals surface area (Å²) in [6, 6.07) is 3.72.